The summed E-state index contributed by atoms with van der Waals surface area (Å²) in [6.45, 7) is 11.0. The lowest BCUT2D eigenvalue weighted by molar-refractivity contribution is -0.146. The van der Waals surface area contributed by atoms with Crippen LogP contribution in [0.4, 0.5) is 11.4 Å². The highest BCUT2D eigenvalue weighted by atomic mass is 16.5. The molecule has 5 atom stereocenters. The molecule has 2 bridgehead atoms. The first-order valence-electron chi connectivity index (χ1n) is 14.9. The first-order chi connectivity index (χ1) is 18.8. The van der Waals surface area contributed by atoms with Crippen molar-refractivity contribution in [1.29, 1.82) is 0 Å². The number of aliphatic hydroxyl groups excluding tert-OH is 1. The summed E-state index contributed by atoms with van der Waals surface area (Å²) < 4.78 is 6.78. The second-order valence-corrected chi connectivity index (χ2v) is 11.1. The van der Waals surface area contributed by atoms with Crippen molar-refractivity contribution in [2.45, 2.75) is 89.9 Å². The molecule has 3 fully saturated rings. The van der Waals surface area contributed by atoms with E-state index in [-0.39, 0.29) is 24.3 Å². The van der Waals surface area contributed by atoms with Crippen LogP contribution in [0.15, 0.2) is 24.3 Å². The maximum Gasteiger partial charge on any atom is 0.250 e. The lowest BCUT2D eigenvalue weighted by Gasteiger charge is -2.34. The Morgan fingerprint density at radius 2 is 1.77 bits per heavy atom. The van der Waals surface area contributed by atoms with Crippen LogP contribution in [0, 0.1) is 11.8 Å². The molecule has 3 aliphatic rings. The summed E-state index contributed by atoms with van der Waals surface area (Å²) in [7, 11) is 0. The molecule has 216 valence electrons. The van der Waals surface area contributed by atoms with Crippen LogP contribution < -0.4 is 15.5 Å². The number of fused-ring (bicyclic) bond motifs is 1. The van der Waals surface area contributed by atoms with Crippen molar-refractivity contribution in [2.24, 2.45) is 11.8 Å². The van der Waals surface area contributed by atoms with Crippen LogP contribution in [0.2, 0.25) is 0 Å². The standard InChI is InChI=1S/C30H46N4O5/c1-5-18-31-26(36)23-24-28(38)34(19-10-9-11-20-35)25(30(24)17-16-29(23,6-2)39-30)27(37)32-21-12-14-22(15-13-21)33(7-3)8-4/h12-15,23-25,35H,5-11,16-20H2,1-4H3,(H,31,36)(H,32,37)/t23-,24+,25?,29+,30?/m1/s1. The van der Waals surface area contributed by atoms with Crippen molar-refractivity contribution in [3.8, 4) is 0 Å². The molecule has 3 saturated heterocycles. The Bertz CT molecular complexity index is 1030. The summed E-state index contributed by atoms with van der Waals surface area (Å²) >= 11 is 0. The van der Waals surface area contributed by atoms with E-state index in [1.807, 2.05) is 38.1 Å². The Balaban J connectivity index is 1.64. The summed E-state index contributed by atoms with van der Waals surface area (Å²) in [4.78, 5) is 45.4. The number of aliphatic hydroxyl groups is 1. The molecule has 9 heteroatoms. The number of likely N-dealkylation sites (tertiary alicyclic amines) is 1. The number of benzene rings is 1. The van der Waals surface area contributed by atoms with Crippen LogP contribution in [0.5, 0.6) is 0 Å². The van der Waals surface area contributed by atoms with Gasteiger partial charge in [0, 0.05) is 44.2 Å². The quantitative estimate of drug-likeness (QED) is 0.311. The van der Waals surface area contributed by atoms with Crippen LogP contribution in [-0.4, -0.2) is 77.8 Å². The molecule has 1 spiro atoms. The van der Waals surface area contributed by atoms with Crippen molar-refractivity contribution < 1.29 is 24.2 Å². The zero-order chi connectivity index (χ0) is 28.2. The summed E-state index contributed by atoms with van der Waals surface area (Å²) in [5.74, 6) is -1.87. The molecular formula is C30H46N4O5. The molecule has 0 aromatic heterocycles. The molecule has 9 nitrogen and oxygen atoms in total. The SMILES string of the molecule is CCCNC(=O)[C@H]1[C@H]2C(=O)N(CCCCCO)C(C(=O)Nc3ccc(N(CC)CC)cc3)C23CC[C@]1(CC)O3. The summed E-state index contributed by atoms with van der Waals surface area (Å²) in [6, 6.07) is 6.96. The molecule has 0 aliphatic carbocycles. The Hall–Kier alpha value is -2.65. The van der Waals surface area contributed by atoms with Crippen LogP contribution in [-0.2, 0) is 19.1 Å². The highest BCUT2D eigenvalue weighted by Gasteiger charge is 2.78. The average Bonchev–Trinajstić information content (AvgIpc) is 3.55. The zero-order valence-corrected chi connectivity index (χ0v) is 24.0. The topological polar surface area (TPSA) is 111 Å². The van der Waals surface area contributed by atoms with Gasteiger partial charge in [0.05, 0.1) is 17.4 Å². The number of ether oxygens (including phenoxy) is 1. The number of nitrogens with one attached hydrogen (secondary N) is 2. The summed E-state index contributed by atoms with van der Waals surface area (Å²) in [6.07, 6.45) is 4.70. The Kier molecular flexibility index (Phi) is 9.21. The predicted molar refractivity (Wildman–Crippen MR) is 151 cm³/mol. The molecule has 3 N–H and O–H groups in total. The third kappa shape index (κ3) is 5.15. The highest BCUT2D eigenvalue weighted by molar-refractivity contribution is 6.03. The van der Waals surface area contributed by atoms with Crippen LogP contribution >= 0.6 is 0 Å². The Morgan fingerprint density at radius 1 is 1.05 bits per heavy atom. The van der Waals surface area contributed by atoms with Gasteiger partial charge in [0.15, 0.2) is 0 Å². The molecule has 2 unspecified atom stereocenters. The molecule has 3 amide bonds. The molecule has 1 aromatic carbocycles. The van der Waals surface area contributed by atoms with E-state index in [4.69, 9.17) is 4.74 Å². The van der Waals surface area contributed by atoms with E-state index in [0.717, 1.165) is 31.6 Å². The Morgan fingerprint density at radius 3 is 2.38 bits per heavy atom. The van der Waals surface area contributed by atoms with E-state index >= 15 is 0 Å². The van der Waals surface area contributed by atoms with Gasteiger partial charge in [0.1, 0.15) is 11.6 Å². The molecule has 39 heavy (non-hydrogen) atoms. The number of amides is 3. The molecule has 0 saturated carbocycles. The van der Waals surface area contributed by atoms with Gasteiger partial charge in [-0.05, 0) is 83.1 Å². The third-order valence-corrected chi connectivity index (χ3v) is 9.08. The number of hydrogen-bond acceptors (Lipinski definition) is 6. The zero-order valence-electron chi connectivity index (χ0n) is 24.0. The average molecular weight is 543 g/mol. The van der Waals surface area contributed by atoms with Crippen LogP contribution in [0.25, 0.3) is 0 Å². The minimum atomic E-state index is -1.02. The van der Waals surface area contributed by atoms with Gasteiger partial charge in [-0.2, -0.15) is 0 Å². The fourth-order valence-corrected chi connectivity index (χ4v) is 7.14. The number of unbranched alkanes of at least 4 members (excludes halogenated alkanes) is 2. The molecule has 3 aliphatic heterocycles. The summed E-state index contributed by atoms with van der Waals surface area (Å²) in [5.41, 5.74) is -0.00515. The van der Waals surface area contributed by atoms with Gasteiger partial charge in [-0.25, -0.2) is 0 Å². The van der Waals surface area contributed by atoms with Crippen molar-refractivity contribution >= 4 is 29.1 Å². The number of rotatable bonds is 14. The number of carbonyl (C=O) groups is 3. The minimum absolute atomic E-state index is 0.0930. The van der Waals surface area contributed by atoms with Gasteiger partial charge >= 0.3 is 0 Å². The molecule has 0 radical (unpaired) electrons. The van der Waals surface area contributed by atoms with Crippen molar-refractivity contribution in [1.82, 2.24) is 10.2 Å². The minimum Gasteiger partial charge on any atom is -0.396 e. The Labute approximate surface area is 232 Å². The maximum atomic E-state index is 14.1. The number of carbonyl (C=O) groups excluding carboxylic acids is 3. The normalized spacial score (nSPS) is 29.0. The van der Waals surface area contributed by atoms with E-state index < -0.39 is 29.1 Å². The highest BCUT2D eigenvalue weighted by Crippen LogP contribution is 2.64. The number of anilines is 2. The van der Waals surface area contributed by atoms with Gasteiger partial charge in [0.25, 0.3) is 0 Å². The van der Waals surface area contributed by atoms with E-state index in [1.165, 1.54) is 0 Å². The van der Waals surface area contributed by atoms with E-state index in [1.54, 1.807) is 4.90 Å². The molecule has 3 heterocycles. The smallest absolute Gasteiger partial charge is 0.250 e. The summed E-state index contributed by atoms with van der Waals surface area (Å²) in [5, 5.41) is 15.3. The maximum absolute atomic E-state index is 14.1. The van der Waals surface area contributed by atoms with E-state index in [9.17, 15) is 19.5 Å². The van der Waals surface area contributed by atoms with Gasteiger partial charge in [-0.3, -0.25) is 14.4 Å². The fraction of sp³-hybridized carbons (Fsp3) is 0.700. The van der Waals surface area contributed by atoms with Crippen molar-refractivity contribution in [2.75, 3.05) is 43.0 Å². The molecular weight excluding hydrogens is 496 g/mol. The molecule has 1 aromatic rings. The lowest BCUT2D eigenvalue weighted by atomic mass is 9.65. The van der Waals surface area contributed by atoms with Gasteiger partial charge in [-0.1, -0.05) is 13.8 Å². The largest absolute Gasteiger partial charge is 0.396 e. The van der Waals surface area contributed by atoms with E-state index in [2.05, 4.69) is 29.4 Å². The van der Waals surface area contributed by atoms with Crippen molar-refractivity contribution in [3.63, 3.8) is 0 Å². The first kappa shape index (κ1) is 29.3. The van der Waals surface area contributed by atoms with Gasteiger partial charge < -0.3 is 30.3 Å². The predicted octanol–water partition coefficient (Wildman–Crippen LogP) is 3.31. The van der Waals surface area contributed by atoms with E-state index in [0.29, 0.717) is 50.9 Å². The van der Waals surface area contributed by atoms with Gasteiger partial charge in [0.2, 0.25) is 17.7 Å². The van der Waals surface area contributed by atoms with Crippen molar-refractivity contribution in [3.05, 3.63) is 24.3 Å². The number of nitrogens with zero attached hydrogens (tertiary/aromatic N) is 2. The van der Waals surface area contributed by atoms with Gasteiger partial charge in [-0.15, -0.1) is 0 Å². The second-order valence-electron chi connectivity index (χ2n) is 11.1. The first-order valence-corrected chi connectivity index (χ1v) is 14.9. The van der Waals surface area contributed by atoms with Crippen LogP contribution in [0.3, 0.4) is 0 Å². The fourth-order valence-electron chi connectivity index (χ4n) is 7.14. The lowest BCUT2D eigenvalue weighted by Crippen LogP contribution is -2.53. The third-order valence-electron chi connectivity index (χ3n) is 9.08. The number of hydrogen-bond donors (Lipinski definition) is 3. The monoisotopic (exact) mass is 542 g/mol. The molecule has 4 rings (SSSR count). The van der Waals surface area contributed by atoms with Crippen LogP contribution in [0.1, 0.15) is 72.6 Å². The second kappa shape index (κ2) is 12.3.